The molecular weight excluding hydrogens is 460 g/mol. The van der Waals surface area contributed by atoms with Crippen molar-refractivity contribution in [2.24, 2.45) is 5.92 Å². The summed E-state index contributed by atoms with van der Waals surface area (Å²) in [7, 11) is 2.33. The van der Waals surface area contributed by atoms with Crippen LogP contribution in [0.25, 0.3) is 10.8 Å². The maximum absolute atomic E-state index is 13.3. The molecule has 5 heteroatoms. The maximum atomic E-state index is 13.3. The number of quaternary nitrogens is 1. The van der Waals surface area contributed by atoms with Crippen molar-refractivity contribution in [1.82, 2.24) is 5.32 Å². The molecule has 1 heterocycles. The first-order valence-electron chi connectivity index (χ1n) is 13.3. The number of likely N-dealkylation sites (N-methyl/N-ethyl adjacent to an activating group) is 1. The normalized spacial score (nSPS) is 27.2. The van der Waals surface area contributed by atoms with Crippen LogP contribution in [-0.4, -0.2) is 49.1 Å². The van der Waals surface area contributed by atoms with Crippen LogP contribution < -0.4 is 10.1 Å². The quantitative estimate of drug-likeness (QED) is 0.208. The number of amides is 1. The molecule has 1 N–H and O–H groups in total. The molecule has 37 heavy (non-hydrogen) atoms. The van der Waals surface area contributed by atoms with Crippen molar-refractivity contribution in [2.75, 3.05) is 26.7 Å². The Morgan fingerprint density at radius 3 is 2.68 bits per heavy atom. The minimum absolute atomic E-state index is 0.0129. The van der Waals surface area contributed by atoms with E-state index >= 15 is 0 Å². The van der Waals surface area contributed by atoms with Gasteiger partial charge in [-0.3, -0.25) is 9.59 Å². The van der Waals surface area contributed by atoms with Gasteiger partial charge in [-0.25, -0.2) is 0 Å². The standard InChI is InChI=1S/C32H36N2O3/c1-4-17-34(3)18-16-32(27-10-7-11-30(20-27)37-23(2)35)21-29(15-14-28(32)22-34)33-31(36)26-13-12-24-8-5-6-9-25(24)19-26/h4-13,19-20,28-29H,1,14-18,21-22H2,2-3H3/p+1/t28?,29-,32-,34-/m0/s1. The largest absolute Gasteiger partial charge is 0.427 e. The molecular formula is C32H37N2O3+. The fourth-order valence-electron chi connectivity index (χ4n) is 6.79. The number of benzene rings is 3. The van der Waals surface area contributed by atoms with Gasteiger partial charge in [-0.05, 0) is 65.9 Å². The second-order valence-electron chi connectivity index (χ2n) is 11.2. The van der Waals surface area contributed by atoms with E-state index < -0.39 is 0 Å². The first-order chi connectivity index (χ1) is 17.8. The number of likely N-dealkylation sites (tertiary alicyclic amines) is 1. The van der Waals surface area contributed by atoms with Gasteiger partial charge in [-0.15, -0.1) is 0 Å². The van der Waals surface area contributed by atoms with Crippen molar-refractivity contribution in [3.05, 3.63) is 90.5 Å². The Labute approximate surface area is 219 Å². The number of piperidine rings is 1. The summed E-state index contributed by atoms with van der Waals surface area (Å²) in [6, 6.07) is 22.2. The first kappa shape index (κ1) is 25.2. The molecule has 5 rings (SSSR count). The van der Waals surface area contributed by atoms with Crippen LogP contribution in [0.4, 0.5) is 0 Å². The van der Waals surface area contributed by atoms with Gasteiger partial charge in [0.1, 0.15) is 5.75 Å². The summed E-state index contributed by atoms with van der Waals surface area (Å²) in [6.45, 7) is 8.52. The van der Waals surface area contributed by atoms with Crippen LogP contribution in [0.3, 0.4) is 0 Å². The number of carbonyl (C=O) groups is 2. The summed E-state index contributed by atoms with van der Waals surface area (Å²) in [5.41, 5.74) is 1.84. The average Bonchev–Trinajstić information content (AvgIpc) is 2.88. The fraction of sp³-hybridized carbons (Fsp3) is 0.375. The van der Waals surface area contributed by atoms with Crippen molar-refractivity contribution in [2.45, 2.75) is 44.1 Å². The van der Waals surface area contributed by atoms with Crippen molar-refractivity contribution in [3.63, 3.8) is 0 Å². The summed E-state index contributed by atoms with van der Waals surface area (Å²) in [5.74, 6) is 0.748. The third kappa shape index (κ3) is 5.19. The van der Waals surface area contributed by atoms with E-state index in [2.05, 4.69) is 31.1 Å². The third-order valence-electron chi connectivity index (χ3n) is 8.60. The molecule has 2 fully saturated rings. The van der Waals surface area contributed by atoms with E-state index in [4.69, 9.17) is 4.74 Å². The van der Waals surface area contributed by atoms with Gasteiger partial charge in [-0.1, -0.05) is 49.0 Å². The van der Waals surface area contributed by atoms with Crippen LogP contribution in [0, 0.1) is 5.92 Å². The van der Waals surface area contributed by atoms with E-state index in [1.807, 2.05) is 60.7 Å². The zero-order valence-electron chi connectivity index (χ0n) is 21.9. The maximum Gasteiger partial charge on any atom is 0.308 e. The third-order valence-corrected chi connectivity index (χ3v) is 8.60. The van der Waals surface area contributed by atoms with E-state index in [0.29, 0.717) is 17.2 Å². The Bertz CT molecular complexity index is 1330. The number of ether oxygens (including phenoxy) is 1. The predicted octanol–water partition coefficient (Wildman–Crippen LogP) is 5.64. The molecule has 0 aromatic heterocycles. The van der Waals surface area contributed by atoms with Crippen LogP contribution in [0.1, 0.15) is 48.5 Å². The number of fused-ring (bicyclic) bond motifs is 2. The molecule has 3 aromatic rings. The van der Waals surface area contributed by atoms with Gasteiger partial charge in [-0.2, -0.15) is 0 Å². The van der Waals surface area contributed by atoms with Crippen molar-refractivity contribution in [3.8, 4) is 5.75 Å². The molecule has 192 valence electrons. The van der Waals surface area contributed by atoms with Gasteiger partial charge >= 0.3 is 5.97 Å². The summed E-state index contributed by atoms with van der Waals surface area (Å²) in [6.07, 6.45) is 5.95. The number of hydrogen-bond donors (Lipinski definition) is 1. The van der Waals surface area contributed by atoms with Crippen LogP contribution in [0.15, 0.2) is 79.4 Å². The Kier molecular flexibility index (Phi) is 6.91. The summed E-state index contributed by atoms with van der Waals surface area (Å²) >= 11 is 0. The predicted molar refractivity (Wildman–Crippen MR) is 148 cm³/mol. The highest BCUT2D eigenvalue weighted by Gasteiger charge is 2.52. The molecule has 0 radical (unpaired) electrons. The first-order valence-corrected chi connectivity index (χ1v) is 13.3. The minimum Gasteiger partial charge on any atom is -0.427 e. The van der Waals surface area contributed by atoms with E-state index in [-0.39, 0.29) is 23.3 Å². The Balaban J connectivity index is 1.42. The average molecular weight is 498 g/mol. The highest BCUT2D eigenvalue weighted by atomic mass is 16.5. The SMILES string of the molecule is C=CC[N@@+]1(C)CC[C@@]2(c3cccc(OC(C)=O)c3)C[C@@H](NC(=O)c3ccc4ccccc4c3)CCC2C1. The lowest BCUT2D eigenvalue weighted by atomic mass is 9.57. The highest BCUT2D eigenvalue weighted by Crippen LogP contribution is 2.50. The minimum atomic E-state index is -0.311. The lowest BCUT2D eigenvalue weighted by molar-refractivity contribution is -0.914. The molecule has 1 unspecified atom stereocenters. The second kappa shape index (κ2) is 10.1. The molecule has 0 spiro atoms. The molecule has 1 aliphatic carbocycles. The number of carbonyl (C=O) groups excluding carboxylic acids is 2. The lowest BCUT2D eigenvalue weighted by Crippen LogP contribution is -2.62. The van der Waals surface area contributed by atoms with E-state index in [1.165, 1.54) is 12.5 Å². The zero-order valence-corrected chi connectivity index (χ0v) is 21.9. The monoisotopic (exact) mass is 497 g/mol. The number of esters is 1. The highest BCUT2D eigenvalue weighted by molar-refractivity contribution is 5.98. The molecule has 1 saturated heterocycles. The number of nitrogens with zero attached hydrogens (tertiary/aromatic N) is 1. The molecule has 5 nitrogen and oxygen atoms in total. The topological polar surface area (TPSA) is 55.4 Å². The van der Waals surface area contributed by atoms with Gasteiger partial charge in [0.25, 0.3) is 5.91 Å². The molecule has 2 aliphatic rings. The summed E-state index contributed by atoms with van der Waals surface area (Å²) in [5, 5.41) is 5.58. The zero-order chi connectivity index (χ0) is 26.0. The van der Waals surface area contributed by atoms with Gasteiger partial charge in [0.15, 0.2) is 0 Å². The lowest BCUT2D eigenvalue weighted by Gasteiger charge is -2.55. The van der Waals surface area contributed by atoms with Crippen LogP contribution in [-0.2, 0) is 10.2 Å². The fourth-order valence-corrected chi connectivity index (χ4v) is 6.79. The number of hydrogen-bond acceptors (Lipinski definition) is 3. The van der Waals surface area contributed by atoms with Gasteiger partial charge < -0.3 is 14.5 Å². The molecule has 1 amide bonds. The Morgan fingerprint density at radius 1 is 1.08 bits per heavy atom. The summed E-state index contributed by atoms with van der Waals surface area (Å²) < 4.78 is 6.45. The Morgan fingerprint density at radius 2 is 1.89 bits per heavy atom. The molecule has 1 aliphatic heterocycles. The van der Waals surface area contributed by atoms with Gasteiger partial charge in [0.05, 0.1) is 26.7 Å². The van der Waals surface area contributed by atoms with E-state index in [1.54, 1.807) is 0 Å². The number of rotatable bonds is 6. The molecule has 4 atom stereocenters. The van der Waals surface area contributed by atoms with Crippen LogP contribution in [0.2, 0.25) is 0 Å². The van der Waals surface area contributed by atoms with Crippen molar-refractivity contribution >= 4 is 22.6 Å². The van der Waals surface area contributed by atoms with Gasteiger partial charge in [0, 0.05) is 36.3 Å². The van der Waals surface area contributed by atoms with Crippen molar-refractivity contribution < 1.29 is 18.8 Å². The molecule has 1 saturated carbocycles. The number of nitrogens with one attached hydrogen (secondary N) is 1. The smallest absolute Gasteiger partial charge is 0.308 e. The van der Waals surface area contributed by atoms with Crippen LogP contribution in [0.5, 0.6) is 5.75 Å². The second-order valence-corrected chi connectivity index (χ2v) is 11.2. The van der Waals surface area contributed by atoms with Gasteiger partial charge in [0.2, 0.25) is 0 Å². The van der Waals surface area contributed by atoms with E-state index in [0.717, 1.165) is 60.6 Å². The van der Waals surface area contributed by atoms with Crippen LogP contribution >= 0.6 is 0 Å². The molecule has 0 bridgehead atoms. The van der Waals surface area contributed by atoms with Crippen molar-refractivity contribution in [1.29, 1.82) is 0 Å². The molecule has 3 aromatic carbocycles. The van der Waals surface area contributed by atoms with E-state index in [9.17, 15) is 9.59 Å². The summed E-state index contributed by atoms with van der Waals surface area (Å²) in [4.78, 5) is 25.0. The Hall–Kier alpha value is -3.44.